The van der Waals surface area contributed by atoms with E-state index in [4.69, 9.17) is 4.74 Å². The third-order valence-corrected chi connectivity index (χ3v) is 3.51. The summed E-state index contributed by atoms with van der Waals surface area (Å²) in [7, 11) is 1.60. The highest BCUT2D eigenvalue weighted by atomic mass is 19.2. The fourth-order valence-electron chi connectivity index (χ4n) is 2.40. The summed E-state index contributed by atoms with van der Waals surface area (Å²) in [6.07, 6.45) is 0.708. The summed E-state index contributed by atoms with van der Waals surface area (Å²) in [5.41, 5.74) is 0.654. The van der Waals surface area contributed by atoms with Crippen LogP contribution in [0.25, 0.3) is 0 Å². The molecule has 0 aliphatic rings. The van der Waals surface area contributed by atoms with Crippen LogP contribution in [-0.4, -0.2) is 19.8 Å². The molecule has 0 aromatic heterocycles. The van der Waals surface area contributed by atoms with Crippen LogP contribution in [0.2, 0.25) is 0 Å². The lowest BCUT2D eigenvalue weighted by atomic mass is 9.92. The van der Waals surface area contributed by atoms with Crippen LogP contribution >= 0.6 is 0 Å². The van der Waals surface area contributed by atoms with E-state index in [2.05, 4.69) is 5.32 Å². The number of nitrogens with one attached hydrogen (secondary N) is 1. The van der Waals surface area contributed by atoms with E-state index in [0.717, 1.165) is 13.0 Å². The molecule has 0 fully saturated rings. The van der Waals surface area contributed by atoms with Gasteiger partial charge in [0.2, 0.25) is 0 Å². The minimum Gasteiger partial charge on any atom is -0.379 e. The SMILES string of the molecule is CCCNC(c1ccc(C)c(F)c1F)C(OC)C(C)C. The van der Waals surface area contributed by atoms with Crippen molar-refractivity contribution < 1.29 is 13.5 Å². The van der Waals surface area contributed by atoms with Crippen LogP contribution in [0.3, 0.4) is 0 Å². The zero-order chi connectivity index (χ0) is 15.3. The number of methoxy groups -OCH3 is 1. The van der Waals surface area contributed by atoms with Crippen LogP contribution in [-0.2, 0) is 4.74 Å². The third kappa shape index (κ3) is 3.76. The Kier molecular flexibility index (Phi) is 6.56. The van der Waals surface area contributed by atoms with Crippen molar-refractivity contribution in [3.05, 3.63) is 34.9 Å². The van der Waals surface area contributed by atoms with Crippen molar-refractivity contribution in [1.29, 1.82) is 0 Å². The fraction of sp³-hybridized carbons (Fsp3) is 0.625. The van der Waals surface area contributed by atoms with Crippen molar-refractivity contribution in [3.8, 4) is 0 Å². The van der Waals surface area contributed by atoms with E-state index in [9.17, 15) is 8.78 Å². The molecular weight excluding hydrogens is 260 g/mol. The summed E-state index contributed by atoms with van der Waals surface area (Å²) in [6.45, 7) is 8.35. The van der Waals surface area contributed by atoms with E-state index in [1.54, 1.807) is 26.2 Å². The zero-order valence-corrected chi connectivity index (χ0v) is 13.0. The number of rotatable bonds is 7. The number of benzene rings is 1. The largest absolute Gasteiger partial charge is 0.379 e. The maximum atomic E-state index is 14.2. The van der Waals surface area contributed by atoms with Crippen LogP contribution in [0.15, 0.2) is 12.1 Å². The van der Waals surface area contributed by atoms with E-state index in [-0.39, 0.29) is 18.1 Å². The lowest BCUT2D eigenvalue weighted by Gasteiger charge is -2.30. The molecule has 0 amide bonds. The summed E-state index contributed by atoms with van der Waals surface area (Å²) in [5.74, 6) is -1.36. The van der Waals surface area contributed by atoms with Gasteiger partial charge in [-0.05, 0) is 31.4 Å². The van der Waals surface area contributed by atoms with Crippen LogP contribution in [0, 0.1) is 24.5 Å². The summed E-state index contributed by atoms with van der Waals surface area (Å²) >= 11 is 0. The number of halogens is 2. The summed E-state index contributed by atoms with van der Waals surface area (Å²) in [6, 6.07) is 2.91. The molecule has 2 nitrogen and oxygen atoms in total. The molecule has 1 aromatic rings. The molecule has 0 heterocycles. The van der Waals surface area contributed by atoms with Gasteiger partial charge in [-0.25, -0.2) is 8.78 Å². The smallest absolute Gasteiger partial charge is 0.163 e. The highest BCUT2D eigenvalue weighted by Crippen LogP contribution is 2.28. The molecule has 0 radical (unpaired) electrons. The summed E-state index contributed by atoms with van der Waals surface area (Å²) in [5, 5.41) is 3.27. The predicted octanol–water partition coefficient (Wildman–Crippen LogP) is 3.98. The van der Waals surface area contributed by atoms with E-state index in [1.807, 2.05) is 20.8 Å². The molecular formula is C16H25F2NO. The molecule has 114 valence electrons. The monoisotopic (exact) mass is 285 g/mol. The Hall–Kier alpha value is -1.00. The van der Waals surface area contributed by atoms with Crippen LogP contribution in [0.5, 0.6) is 0 Å². The molecule has 0 spiro atoms. The number of ether oxygens (including phenoxy) is 1. The van der Waals surface area contributed by atoms with Crippen LogP contribution in [0.4, 0.5) is 8.78 Å². The Balaban J connectivity index is 3.19. The standard InChI is InChI=1S/C16H25F2NO/c1-6-9-19-15(16(20-5)10(2)3)12-8-7-11(4)13(17)14(12)18/h7-8,10,15-16,19H,6,9H2,1-5H3. The van der Waals surface area contributed by atoms with Gasteiger partial charge in [-0.2, -0.15) is 0 Å². The van der Waals surface area contributed by atoms with E-state index >= 15 is 0 Å². The molecule has 1 rings (SSSR count). The Labute approximate surface area is 120 Å². The molecule has 0 aliphatic carbocycles. The van der Waals surface area contributed by atoms with Crippen LogP contribution < -0.4 is 5.32 Å². The van der Waals surface area contributed by atoms with Gasteiger partial charge in [0.25, 0.3) is 0 Å². The van der Waals surface area contributed by atoms with Crippen molar-refractivity contribution in [1.82, 2.24) is 5.32 Å². The topological polar surface area (TPSA) is 21.3 Å². The summed E-state index contributed by atoms with van der Waals surface area (Å²) < 4.78 is 33.5. The van der Waals surface area contributed by atoms with Gasteiger partial charge in [0.05, 0.1) is 12.1 Å². The van der Waals surface area contributed by atoms with E-state index in [1.165, 1.54) is 0 Å². The third-order valence-electron chi connectivity index (χ3n) is 3.51. The highest BCUT2D eigenvalue weighted by molar-refractivity contribution is 5.28. The fourth-order valence-corrected chi connectivity index (χ4v) is 2.40. The first kappa shape index (κ1) is 17.1. The Morgan fingerprint density at radius 1 is 1.20 bits per heavy atom. The molecule has 2 atom stereocenters. The lowest BCUT2D eigenvalue weighted by Crippen LogP contribution is -2.37. The van der Waals surface area contributed by atoms with E-state index < -0.39 is 11.6 Å². The number of aryl methyl sites for hydroxylation is 1. The minimum atomic E-state index is -0.777. The maximum absolute atomic E-state index is 14.2. The second kappa shape index (κ2) is 7.70. The van der Waals surface area contributed by atoms with Gasteiger partial charge in [0.1, 0.15) is 0 Å². The van der Waals surface area contributed by atoms with Crippen molar-refractivity contribution in [3.63, 3.8) is 0 Å². The Morgan fingerprint density at radius 2 is 1.85 bits per heavy atom. The molecule has 2 unspecified atom stereocenters. The molecule has 0 aliphatic heterocycles. The molecule has 1 aromatic carbocycles. The van der Waals surface area contributed by atoms with Gasteiger partial charge < -0.3 is 10.1 Å². The maximum Gasteiger partial charge on any atom is 0.163 e. The highest BCUT2D eigenvalue weighted by Gasteiger charge is 2.29. The number of hydrogen-bond acceptors (Lipinski definition) is 2. The molecule has 0 bridgehead atoms. The van der Waals surface area contributed by atoms with Crippen molar-refractivity contribution in [2.75, 3.05) is 13.7 Å². The predicted molar refractivity (Wildman–Crippen MR) is 77.8 cm³/mol. The average molecular weight is 285 g/mol. The van der Waals surface area contributed by atoms with Crippen molar-refractivity contribution in [2.45, 2.75) is 46.3 Å². The van der Waals surface area contributed by atoms with Gasteiger partial charge in [0, 0.05) is 12.7 Å². The van der Waals surface area contributed by atoms with Gasteiger partial charge in [-0.15, -0.1) is 0 Å². The van der Waals surface area contributed by atoms with Crippen LogP contribution in [0.1, 0.15) is 44.4 Å². The second-order valence-electron chi connectivity index (χ2n) is 5.48. The van der Waals surface area contributed by atoms with Gasteiger partial charge in [-0.1, -0.05) is 32.9 Å². The second-order valence-corrected chi connectivity index (χ2v) is 5.48. The Morgan fingerprint density at radius 3 is 2.35 bits per heavy atom. The van der Waals surface area contributed by atoms with Crippen molar-refractivity contribution in [2.24, 2.45) is 5.92 Å². The minimum absolute atomic E-state index is 0.193. The number of hydrogen-bond donors (Lipinski definition) is 1. The molecule has 20 heavy (non-hydrogen) atoms. The average Bonchev–Trinajstić information content (AvgIpc) is 2.41. The van der Waals surface area contributed by atoms with Gasteiger partial charge in [-0.3, -0.25) is 0 Å². The molecule has 1 N–H and O–H groups in total. The quantitative estimate of drug-likeness (QED) is 0.818. The normalized spacial score (nSPS) is 14.6. The van der Waals surface area contributed by atoms with Gasteiger partial charge >= 0.3 is 0 Å². The first-order chi connectivity index (χ1) is 9.43. The zero-order valence-electron chi connectivity index (χ0n) is 13.0. The Bertz CT molecular complexity index is 435. The lowest BCUT2D eigenvalue weighted by molar-refractivity contribution is 0.0315. The molecule has 0 saturated carbocycles. The first-order valence-electron chi connectivity index (χ1n) is 7.14. The first-order valence-corrected chi connectivity index (χ1v) is 7.14. The van der Waals surface area contributed by atoms with Crippen molar-refractivity contribution >= 4 is 0 Å². The summed E-state index contributed by atoms with van der Waals surface area (Å²) in [4.78, 5) is 0. The van der Waals surface area contributed by atoms with E-state index in [0.29, 0.717) is 11.1 Å². The molecule has 4 heteroatoms. The molecule has 0 saturated heterocycles. The van der Waals surface area contributed by atoms with Gasteiger partial charge in [0.15, 0.2) is 11.6 Å².